The van der Waals surface area contributed by atoms with Crippen molar-refractivity contribution >= 4 is 27.5 Å². The average molecular weight is 480 g/mol. The van der Waals surface area contributed by atoms with Gasteiger partial charge in [-0.2, -0.15) is 8.42 Å². The van der Waals surface area contributed by atoms with Crippen LogP contribution in [0, 0.1) is 0 Å². The molecule has 1 aliphatic rings. The van der Waals surface area contributed by atoms with E-state index in [4.69, 9.17) is 4.42 Å². The molecule has 1 unspecified atom stereocenters. The molecule has 0 bridgehead atoms. The summed E-state index contributed by atoms with van der Waals surface area (Å²) in [6.07, 6.45) is 2.21. The summed E-state index contributed by atoms with van der Waals surface area (Å²) in [7, 11) is -4.06. The van der Waals surface area contributed by atoms with Gasteiger partial charge in [-0.25, -0.2) is 0 Å². The minimum absolute atomic E-state index is 0.0759. The molecule has 34 heavy (non-hydrogen) atoms. The summed E-state index contributed by atoms with van der Waals surface area (Å²) in [6.45, 7) is 3.99. The molecular weight excluding hydrogens is 454 g/mol. The zero-order valence-electron chi connectivity index (χ0n) is 18.4. The molecule has 3 aromatic rings. The fourth-order valence-corrected chi connectivity index (χ4v) is 5.33. The second-order valence-corrected chi connectivity index (χ2v) is 9.59. The van der Waals surface area contributed by atoms with Crippen molar-refractivity contribution in [3.8, 4) is 0 Å². The average Bonchev–Trinajstić information content (AvgIpc) is 3.36. The fourth-order valence-electron chi connectivity index (χ4n) is 3.90. The lowest BCUT2D eigenvalue weighted by Gasteiger charge is -2.34. The van der Waals surface area contributed by atoms with E-state index in [1.54, 1.807) is 24.3 Å². The molecule has 2 N–H and O–H groups in total. The first-order valence-corrected chi connectivity index (χ1v) is 12.3. The number of anilines is 1. The smallest absolute Gasteiger partial charge is 0.297 e. The van der Waals surface area contributed by atoms with E-state index in [1.807, 2.05) is 30.3 Å². The SMILES string of the molecule is C=CC(=O)NC1CCN(S(=O)(=O)c2ccc(C(=O)NCCc3ccccc3)o2)c2ccccc21. The largest absolute Gasteiger partial charge is 0.438 e. The van der Waals surface area contributed by atoms with E-state index in [0.29, 0.717) is 30.6 Å². The molecule has 0 saturated heterocycles. The summed E-state index contributed by atoms with van der Waals surface area (Å²) in [5, 5.41) is 5.26. The third kappa shape index (κ3) is 4.89. The number of furan rings is 1. The maximum Gasteiger partial charge on any atom is 0.297 e. The van der Waals surface area contributed by atoms with Crippen molar-refractivity contribution < 1.29 is 22.4 Å². The second kappa shape index (κ2) is 9.96. The highest BCUT2D eigenvalue weighted by Crippen LogP contribution is 2.37. The molecule has 4 rings (SSSR count). The Morgan fingerprint density at radius 3 is 2.56 bits per heavy atom. The van der Waals surface area contributed by atoms with Crippen LogP contribution in [0.1, 0.15) is 34.1 Å². The van der Waals surface area contributed by atoms with Crippen molar-refractivity contribution in [3.05, 3.63) is 96.3 Å². The van der Waals surface area contributed by atoms with Crippen LogP contribution in [0.4, 0.5) is 5.69 Å². The van der Waals surface area contributed by atoms with E-state index in [9.17, 15) is 18.0 Å². The van der Waals surface area contributed by atoms with E-state index in [0.717, 1.165) is 5.56 Å². The van der Waals surface area contributed by atoms with Gasteiger partial charge in [0.05, 0.1) is 11.7 Å². The van der Waals surface area contributed by atoms with Crippen molar-refractivity contribution in [3.63, 3.8) is 0 Å². The number of nitrogens with one attached hydrogen (secondary N) is 2. The number of amides is 2. The molecule has 0 saturated carbocycles. The number of sulfonamides is 1. The molecule has 9 heteroatoms. The van der Waals surface area contributed by atoms with Crippen molar-refractivity contribution in [2.75, 3.05) is 17.4 Å². The molecule has 0 aliphatic carbocycles. The highest BCUT2D eigenvalue weighted by molar-refractivity contribution is 7.92. The van der Waals surface area contributed by atoms with Crippen molar-refractivity contribution in [1.29, 1.82) is 0 Å². The van der Waals surface area contributed by atoms with Crippen LogP contribution in [0.15, 0.2) is 88.9 Å². The monoisotopic (exact) mass is 479 g/mol. The first kappa shape index (κ1) is 23.3. The molecule has 2 heterocycles. The van der Waals surface area contributed by atoms with Crippen LogP contribution in [0.5, 0.6) is 0 Å². The Morgan fingerprint density at radius 2 is 1.79 bits per heavy atom. The summed E-state index contributed by atoms with van der Waals surface area (Å²) >= 11 is 0. The summed E-state index contributed by atoms with van der Waals surface area (Å²) in [6, 6.07) is 19.0. The van der Waals surface area contributed by atoms with Crippen LogP contribution < -0.4 is 14.9 Å². The lowest BCUT2D eigenvalue weighted by atomic mass is 9.98. The molecule has 0 radical (unpaired) electrons. The molecule has 2 amide bonds. The van der Waals surface area contributed by atoms with Crippen LogP contribution in [-0.4, -0.2) is 33.3 Å². The fraction of sp³-hybridized carbons (Fsp3) is 0.200. The number of hydrogen-bond donors (Lipinski definition) is 2. The first-order chi connectivity index (χ1) is 16.4. The van der Waals surface area contributed by atoms with Crippen molar-refractivity contribution in [2.45, 2.75) is 24.0 Å². The number of nitrogens with zero attached hydrogens (tertiary/aromatic N) is 1. The predicted octanol–water partition coefficient (Wildman–Crippen LogP) is 3.19. The Hall–Kier alpha value is -3.85. The van der Waals surface area contributed by atoms with Crippen LogP contribution in [-0.2, 0) is 21.2 Å². The van der Waals surface area contributed by atoms with Crippen molar-refractivity contribution in [2.24, 2.45) is 0 Å². The number of fused-ring (bicyclic) bond motifs is 1. The number of benzene rings is 2. The zero-order valence-corrected chi connectivity index (χ0v) is 19.3. The highest BCUT2D eigenvalue weighted by atomic mass is 32.2. The van der Waals surface area contributed by atoms with Gasteiger partial charge in [0.1, 0.15) is 0 Å². The first-order valence-electron chi connectivity index (χ1n) is 10.9. The third-order valence-electron chi connectivity index (χ3n) is 5.60. The predicted molar refractivity (Wildman–Crippen MR) is 128 cm³/mol. The van der Waals surface area contributed by atoms with Gasteiger partial charge in [-0.05, 0) is 48.2 Å². The van der Waals surface area contributed by atoms with Gasteiger partial charge in [0.2, 0.25) is 11.0 Å². The molecule has 1 atom stereocenters. The van der Waals surface area contributed by atoms with Gasteiger partial charge < -0.3 is 15.1 Å². The number of hydrogen-bond acceptors (Lipinski definition) is 5. The van der Waals surface area contributed by atoms with E-state index >= 15 is 0 Å². The molecular formula is C25H25N3O5S. The topological polar surface area (TPSA) is 109 Å². The number of para-hydroxylation sites is 1. The van der Waals surface area contributed by atoms with Crippen LogP contribution in [0.2, 0.25) is 0 Å². The molecule has 8 nitrogen and oxygen atoms in total. The van der Waals surface area contributed by atoms with Gasteiger partial charge in [-0.3, -0.25) is 13.9 Å². The standard InChI is InChI=1S/C25H25N3O5S/c1-2-23(29)27-20-15-17-28(21-11-7-6-10-19(20)21)34(31,32)24-13-12-22(33-24)25(30)26-16-14-18-8-4-3-5-9-18/h2-13,20H,1,14-17H2,(H,26,30)(H,27,29). The summed E-state index contributed by atoms with van der Waals surface area (Å²) < 4.78 is 33.4. The minimum atomic E-state index is -4.06. The summed E-state index contributed by atoms with van der Waals surface area (Å²) in [4.78, 5) is 24.3. The second-order valence-electron chi connectivity index (χ2n) is 7.80. The maximum atomic E-state index is 13.4. The quantitative estimate of drug-likeness (QED) is 0.483. The molecule has 0 spiro atoms. The lowest BCUT2D eigenvalue weighted by Crippen LogP contribution is -2.40. The summed E-state index contributed by atoms with van der Waals surface area (Å²) in [5.74, 6) is -0.887. The minimum Gasteiger partial charge on any atom is -0.438 e. The van der Waals surface area contributed by atoms with Gasteiger partial charge in [0, 0.05) is 13.1 Å². The molecule has 0 fully saturated rings. The van der Waals surface area contributed by atoms with E-state index < -0.39 is 15.9 Å². The van der Waals surface area contributed by atoms with Gasteiger partial charge in [0.25, 0.3) is 15.9 Å². The van der Waals surface area contributed by atoms with Crippen LogP contribution in [0.25, 0.3) is 0 Å². The normalized spacial score (nSPS) is 15.3. The van der Waals surface area contributed by atoms with E-state index in [1.165, 1.54) is 22.5 Å². The van der Waals surface area contributed by atoms with Crippen LogP contribution >= 0.6 is 0 Å². The maximum absolute atomic E-state index is 13.4. The molecule has 1 aliphatic heterocycles. The Balaban J connectivity index is 1.49. The van der Waals surface area contributed by atoms with Gasteiger partial charge >= 0.3 is 0 Å². The summed E-state index contributed by atoms with van der Waals surface area (Å²) in [5.41, 5.74) is 2.21. The Morgan fingerprint density at radius 1 is 1.06 bits per heavy atom. The Bertz CT molecular complexity index is 1300. The number of carbonyl (C=O) groups is 2. The Kier molecular flexibility index (Phi) is 6.83. The van der Waals surface area contributed by atoms with Crippen molar-refractivity contribution in [1.82, 2.24) is 10.6 Å². The number of rotatable bonds is 8. The Labute approximate surface area is 198 Å². The molecule has 176 valence electrons. The van der Waals surface area contributed by atoms with Gasteiger partial charge in [-0.1, -0.05) is 55.1 Å². The van der Waals surface area contributed by atoms with E-state index in [-0.39, 0.29) is 29.3 Å². The lowest BCUT2D eigenvalue weighted by molar-refractivity contribution is -0.117. The molecule has 2 aromatic carbocycles. The van der Waals surface area contributed by atoms with E-state index in [2.05, 4.69) is 17.2 Å². The van der Waals surface area contributed by atoms with Crippen LogP contribution in [0.3, 0.4) is 0 Å². The molecule has 1 aromatic heterocycles. The zero-order chi connectivity index (χ0) is 24.1. The van der Waals surface area contributed by atoms with Gasteiger partial charge in [0.15, 0.2) is 5.76 Å². The number of carbonyl (C=O) groups excluding carboxylic acids is 2. The van der Waals surface area contributed by atoms with Gasteiger partial charge in [-0.15, -0.1) is 0 Å². The highest BCUT2D eigenvalue weighted by Gasteiger charge is 2.35. The third-order valence-corrected chi connectivity index (χ3v) is 7.28.